The lowest BCUT2D eigenvalue weighted by molar-refractivity contribution is -0.152. The number of hydrogen-bond acceptors (Lipinski definition) is 5. The zero-order valence-corrected chi connectivity index (χ0v) is 19.9. The van der Waals surface area contributed by atoms with Gasteiger partial charge in [-0.15, -0.1) is 0 Å². The Morgan fingerprint density at radius 3 is 2.47 bits per heavy atom. The van der Waals surface area contributed by atoms with Gasteiger partial charge in [0.15, 0.2) is 0 Å². The number of rotatable bonds is 8. The number of hydrogen-bond donors (Lipinski definition) is 1. The van der Waals surface area contributed by atoms with Crippen LogP contribution in [-0.4, -0.2) is 72.8 Å². The highest BCUT2D eigenvalue weighted by Gasteiger charge is 2.32. The summed E-state index contributed by atoms with van der Waals surface area (Å²) in [5.41, 5.74) is 0.393. The summed E-state index contributed by atoms with van der Waals surface area (Å²) in [5.74, 6) is -1.79. The molecule has 1 saturated heterocycles. The quantitative estimate of drug-likeness (QED) is 0.594. The summed E-state index contributed by atoms with van der Waals surface area (Å²) < 4.78 is 5.08. The molecule has 0 saturated carbocycles. The molecule has 0 aromatic heterocycles. The molecule has 1 aromatic carbocycles. The number of nitrogens with one attached hydrogen (secondary N) is 1. The monoisotopic (exact) mass is 465 g/mol. The maximum absolute atomic E-state index is 13.0. The fourth-order valence-electron chi connectivity index (χ4n) is 3.61. The smallest absolute Gasteiger partial charge is 0.310 e. The molecule has 1 aliphatic heterocycles. The molecule has 9 heteroatoms. The van der Waals surface area contributed by atoms with Crippen molar-refractivity contribution in [1.29, 1.82) is 0 Å². The van der Waals surface area contributed by atoms with Gasteiger partial charge in [-0.3, -0.25) is 19.2 Å². The normalized spacial score (nSPS) is 16.9. The molecule has 1 aromatic rings. The molecule has 0 bridgehead atoms. The van der Waals surface area contributed by atoms with Crippen LogP contribution in [0, 0.1) is 11.8 Å². The number of likely N-dealkylation sites (tertiary alicyclic amines) is 1. The third kappa shape index (κ3) is 6.95. The Labute approximate surface area is 194 Å². The number of nitrogens with zero attached hydrogens (tertiary/aromatic N) is 2. The summed E-state index contributed by atoms with van der Waals surface area (Å²) in [6.45, 7) is 6.41. The second-order valence-corrected chi connectivity index (χ2v) is 8.76. The highest BCUT2D eigenvalue weighted by Crippen LogP contribution is 2.18. The van der Waals surface area contributed by atoms with Crippen molar-refractivity contribution in [3.8, 4) is 0 Å². The molecule has 8 nitrogen and oxygen atoms in total. The van der Waals surface area contributed by atoms with Crippen LogP contribution in [0.25, 0.3) is 0 Å². The summed E-state index contributed by atoms with van der Waals surface area (Å²) in [5, 5.41) is 3.28. The van der Waals surface area contributed by atoms with Crippen LogP contribution >= 0.6 is 11.6 Å². The summed E-state index contributed by atoms with van der Waals surface area (Å²) in [6, 6.07) is 5.60. The van der Waals surface area contributed by atoms with Crippen molar-refractivity contribution in [2.24, 2.45) is 11.8 Å². The van der Waals surface area contributed by atoms with Crippen molar-refractivity contribution in [2.75, 3.05) is 33.3 Å². The first-order valence-electron chi connectivity index (χ1n) is 10.9. The summed E-state index contributed by atoms with van der Waals surface area (Å²) in [4.78, 5) is 53.3. The molecule has 3 amide bonds. The van der Waals surface area contributed by atoms with Gasteiger partial charge in [-0.25, -0.2) is 0 Å². The first kappa shape index (κ1) is 25.6. The second kappa shape index (κ2) is 11.9. The summed E-state index contributed by atoms with van der Waals surface area (Å²) in [6.07, 6.45) is 1.39. The standard InChI is InChI=1S/C23H32ClN3O5/c1-5-32-23(31)17-7-6-12-27(13-17)19(28)14-26(4)22(30)20(15(2)3)25-21(29)16-8-10-18(24)11-9-16/h8-11,15,17,20H,5-7,12-14H2,1-4H3,(H,25,29). The van der Waals surface area contributed by atoms with Gasteiger partial charge in [0.25, 0.3) is 5.91 Å². The molecule has 2 rings (SSSR count). The largest absolute Gasteiger partial charge is 0.466 e. The number of carbonyl (C=O) groups is 4. The van der Waals surface area contributed by atoms with Crippen molar-refractivity contribution in [1.82, 2.24) is 15.1 Å². The van der Waals surface area contributed by atoms with E-state index in [1.807, 2.05) is 13.8 Å². The van der Waals surface area contributed by atoms with E-state index < -0.39 is 6.04 Å². The minimum atomic E-state index is -0.787. The third-order valence-electron chi connectivity index (χ3n) is 5.47. The predicted octanol–water partition coefficient (Wildman–Crippen LogP) is 2.35. The minimum Gasteiger partial charge on any atom is -0.466 e. The maximum Gasteiger partial charge on any atom is 0.310 e. The Morgan fingerprint density at radius 2 is 1.88 bits per heavy atom. The molecular formula is C23H32ClN3O5. The molecule has 1 N–H and O–H groups in total. The van der Waals surface area contributed by atoms with Crippen LogP contribution in [-0.2, 0) is 19.1 Å². The molecule has 0 aliphatic carbocycles. The zero-order chi connectivity index (χ0) is 23.8. The molecular weight excluding hydrogens is 434 g/mol. The fourth-order valence-corrected chi connectivity index (χ4v) is 3.74. The van der Waals surface area contributed by atoms with Gasteiger partial charge in [-0.2, -0.15) is 0 Å². The van der Waals surface area contributed by atoms with E-state index in [1.165, 1.54) is 11.9 Å². The number of carbonyl (C=O) groups excluding carboxylic acids is 4. The van der Waals surface area contributed by atoms with Gasteiger partial charge in [0.05, 0.1) is 19.1 Å². The van der Waals surface area contributed by atoms with E-state index in [2.05, 4.69) is 5.32 Å². The predicted molar refractivity (Wildman–Crippen MR) is 121 cm³/mol. The highest BCUT2D eigenvalue weighted by molar-refractivity contribution is 6.30. The van der Waals surface area contributed by atoms with Gasteiger partial charge in [0.1, 0.15) is 6.04 Å². The molecule has 32 heavy (non-hydrogen) atoms. The van der Waals surface area contributed by atoms with Crippen LogP contribution in [0.4, 0.5) is 0 Å². The van der Waals surface area contributed by atoms with Gasteiger partial charge >= 0.3 is 5.97 Å². The molecule has 1 fully saturated rings. The Hall–Kier alpha value is -2.61. The summed E-state index contributed by atoms with van der Waals surface area (Å²) >= 11 is 5.86. The van der Waals surface area contributed by atoms with Crippen LogP contribution in [0.15, 0.2) is 24.3 Å². The Bertz CT molecular complexity index is 827. The van der Waals surface area contributed by atoms with Crippen LogP contribution in [0.3, 0.4) is 0 Å². The van der Waals surface area contributed by atoms with Crippen molar-refractivity contribution >= 4 is 35.3 Å². The number of esters is 1. The number of amides is 3. The lowest BCUT2D eigenvalue weighted by atomic mass is 9.98. The van der Waals surface area contributed by atoms with Crippen molar-refractivity contribution in [3.63, 3.8) is 0 Å². The van der Waals surface area contributed by atoms with E-state index in [0.717, 1.165) is 0 Å². The molecule has 0 spiro atoms. The Balaban J connectivity index is 1.98. The Kier molecular flexibility index (Phi) is 9.50. The Morgan fingerprint density at radius 1 is 1.22 bits per heavy atom. The average Bonchev–Trinajstić information content (AvgIpc) is 2.77. The first-order chi connectivity index (χ1) is 15.1. The van der Waals surface area contributed by atoms with Crippen LogP contribution in [0.2, 0.25) is 5.02 Å². The lowest BCUT2D eigenvalue weighted by Crippen LogP contribution is -2.53. The van der Waals surface area contributed by atoms with Gasteiger partial charge < -0.3 is 19.9 Å². The SMILES string of the molecule is CCOC(=O)C1CCCN(C(=O)CN(C)C(=O)C(NC(=O)c2ccc(Cl)cc2)C(C)C)C1. The van der Waals surface area contributed by atoms with Gasteiger partial charge in [0.2, 0.25) is 11.8 Å². The zero-order valence-electron chi connectivity index (χ0n) is 19.1. The number of likely N-dealkylation sites (N-methyl/N-ethyl adjacent to an activating group) is 1. The summed E-state index contributed by atoms with van der Waals surface area (Å²) in [7, 11) is 1.54. The van der Waals surface area contributed by atoms with Crippen molar-refractivity contribution in [2.45, 2.75) is 39.7 Å². The van der Waals surface area contributed by atoms with Gasteiger partial charge in [0, 0.05) is 30.7 Å². The van der Waals surface area contributed by atoms with E-state index >= 15 is 0 Å². The maximum atomic E-state index is 13.0. The fraction of sp³-hybridized carbons (Fsp3) is 0.565. The van der Waals surface area contributed by atoms with E-state index in [0.29, 0.717) is 43.1 Å². The minimum absolute atomic E-state index is 0.131. The van der Waals surface area contributed by atoms with Crippen LogP contribution in [0.5, 0.6) is 0 Å². The van der Waals surface area contributed by atoms with E-state index in [9.17, 15) is 19.2 Å². The number of piperidine rings is 1. The van der Waals surface area contributed by atoms with Gasteiger partial charge in [-0.1, -0.05) is 25.4 Å². The topological polar surface area (TPSA) is 96.0 Å². The van der Waals surface area contributed by atoms with E-state index in [1.54, 1.807) is 36.1 Å². The highest BCUT2D eigenvalue weighted by atomic mass is 35.5. The molecule has 1 heterocycles. The van der Waals surface area contributed by atoms with Crippen LogP contribution < -0.4 is 5.32 Å². The molecule has 0 radical (unpaired) electrons. The third-order valence-corrected chi connectivity index (χ3v) is 5.72. The number of ether oxygens (including phenoxy) is 1. The number of benzene rings is 1. The van der Waals surface area contributed by atoms with Gasteiger partial charge in [-0.05, 0) is 49.9 Å². The molecule has 2 atom stereocenters. The van der Waals surface area contributed by atoms with Crippen molar-refractivity contribution < 1.29 is 23.9 Å². The van der Waals surface area contributed by atoms with E-state index in [4.69, 9.17) is 16.3 Å². The first-order valence-corrected chi connectivity index (χ1v) is 11.3. The molecule has 2 unspecified atom stereocenters. The van der Waals surface area contributed by atoms with E-state index in [-0.39, 0.29) is 42.1 Å². The van der Waals surface area contributed by atoms with Crippen molar-refractivity contribution in [3.05, 3.63) is 34.9 Å². The molecule has 1 aliphatic rings. The number of halogens is 1. The lowest BCUT2D eigenvalue weighted by Gasteiger charge is -2.33. The average molecular weight is 466 g/mol. The molecule has 176 valence electrons. The second-order valence-electron chi connectivity index (χ2n) is 8.33. The van der Waals surface area contributed by atoms with Crippen LogP contribution in [0.1, 0.15) is 44.0 Å².